The molecule has 1 aromatic rings. The summed E-state index contributed by atoms with van der Waals surface area (Å²) in [5.41, 5.74) is -1.81. The Hall–Kier alpha value is -0.980. The summed E-state index contributed by atoms with van der Waals surface area (Å²) in [6.45, 7) is 2.76. The zero-order chi connectivity index (χ0) is 11.8. The number of aromatic nitrogens is 2. The molecule has 1 N–H and O–H groups in total. The van der Waals surface area contributed by atoms with Crippen LogP contribution in [0.15, 0.2) is 10.7 Å². The number of aliphatic carboxylic acids is 1. The minimum absolute atomic E-state index is 0.104. The highest BCUT2D eigenvalue weighted by molar-refractivity contribution is 9.10. The van der Waals surface area contributed by atoms with Gasteiger partial charge in [0.05, 0.1) is 4.47 Å². The highest BCUT2D eigenvalue weighted by Crippen LogP contribution is 2.28. The first kappa shape index (κ1) is 12.1. The minimum atomic E-state index is -2.73. The van der Waals surface area contributed by atoms with Gasteiger partial charge in [-0.15, -0.1) is 0 Å². The topological polar surface area (TPSA) is 55.1 Å². The predicted molar refractivity (Wildman–Crippen MR) is 51.8 cm³/mol. The third-order valence-electron chi connectivity index (χ3n) is 2.00. The van der Waals surface area contributed by atoms with E-state index in [1.54, 1.807) is 0 Å². The molecule has 0 saturated carbocycles. The van der Waals surface area contributed by atoms with Crippen LogP contribution in [-0.2, 0) is 10.3 Å². The second kappa shape index (κ2) is 3.88. The summed E-state index contributed by atoms with van der Waals surface area (Å²) in [6, 6.07) is 0. The summed E-state index contributed by atoms with van der Waals surface area (Å²) >= 11 is 2.90. The highest BCUT2D eigenvalue weighted by Gasteiger charge is 2.32. The summed E-state index contributed by atoms with van der Waals surface area (Å²) in [4.78, 5) is 10.8. The fourth-order valence-electron chi connectivity index (χ4n) is 0.898. The van der Waals surface area contributed by atoms with E-state index in [-0.39, 0.29) is 4.47 Å². The van der Waals surface area contributed by atoms with Crippen LogP contribution in [-0.4, -0.2) is 20.9 Å². The fraction of sp³-hybridized carbons (Fsp3) is 0.500. The molecule has 0 aliphatic rings. The molecule has 0 saturated heterocycles. The molecular weight excluding hydrogens is 274 g/mol. The Labute approximate surface area is 93.0 Å². The number of rotatable bonds is 3. The lowest BCUT2D eigenvalue weighted by Crippen LogP contribution is -2.36. The molecule has 0 radical (unpaired) electrons. The number of hydrogen-bond donors (Lipinski definition) is 1. The Kier molecular flexibility index (Phi) is 3.13. The van der Waals surface area contributed by atoms with Crippen molar-refractivity contribution in [2.75, 3.05) is 0 Å². The second-order valence-electron chi connectivity index (χ2n) is 3.47. The van der Waals surface area contributed by atoms with Gasteiger partial charge >= 0.3 is 5.97 Å². The molecule has 1 heterocycles. The maximum atomic E-state index is 12.4. The van der Waals surface area contributed by atoms with Gasteiger partial charge in [0, 0.05) is 6.20 Å². The van der Waals surface area contributed by atoms with Gasteiger partial charge in [0.25, 0.3) is 6.43 Å². The first-order chi connectivity index (χ1) is 6.76. The van der Waals surface area contributed by atoms with Crippen molar-refractivity contribution in [2.45, 2.75) is 25.8 Å². The van der Waals surface area contributed by atoms with Crippen molar-refractivity contribution >= 4 is 21.9 Å². The van der Waals surface area contributed by atoms with Gasteiger partial charge in [0.15, 0.2) is 5.54 Å². The minimum Gasteiger partial charge on any atom is -0.479 e. The predicted octanol–water partition coefficient (Wildman–Crippen LogP) is 2.40. The summed E-state index contributed by atoms with van der Waals surface area (Å²) in [7, 11) is 0. The molecule has 0 unspecified atom stereocenters. The van der Waals surface area contributed by atoms with Crippen LogP contribution in [0.2, 0.25) is 0 Å². The van der Waals surface area contributed by atoms with Crippen molar-refractivity contribution in [1.29, 1.82) is 0 Å². The van der Waals surface area contributed by atoms with E-state index >= 15 is 0 Å². The molecule has 0 spiro atoms. The molecule has 0 aromatic carbocycles. The summed E-state index contributed by atoms with van der Waals surface area (Å²) in [6.07, 6.45) is -1.50. The van der Waals surface area contributed by atoms with Gasteiger partial charge in [-0.3, -0.25) is 4.68 Å². The Balaban J connectivity index is 3.18. The lowest BCUT2D eigenvalue weighted by atomic mass is 10.1. The van der Waals surface area contributed by atoms with Crippen LogP contribution in [0.5, 0.6) is 0 Å². The van der Waals surface area contributed by atoms with Crippen LogP contribution in [0.1, 0.15) is 26.0 Å². The number of halogens is 3. The van der Waals surface area contributed by atoms with Crippen molar-refractivity contribution in [3.8, 4) is 0 Å². The molecule has 0 fully saturated rings. The summed E-state index contributed by atoms with van der Waals surface area (Å²) < 4.78 is 25.9. The number of carboxylic acid groups (broad SMARTS) is 1. The van der Waals surface area contributed by atoms with Gasteiger partial charge in [-0.25, -0.2) is 13.6 Å². The van der Waals surface area contributed by atoms with Crippen LogP contribution >= 0.6 is 15.9 Å². The lowest BCUT2D eigenvalue weighted by molar-refractivity contribution is -0.146. The van der Waals surface area contributed by atoms with Crippen LogP contribution in [0.3, 0.4) is 0 Å². The summed E-state index contributed by atoms with van der Waals surface area (Å²) in [5.74, 6) is -1.14. The van der Waals surface area contributed by atoms with E-state index in [0.717, 1.165) is 4.68 Å². The van der Waals surface area contributed by atoms with Crippen LogP contribution in [0.4, 0.5) is 8.78 Å². The third-order valence-corrected chi connectivity index (χ3v) is 2.61. The number of carboxylic acids is 1. The number of nitrogens with zero attached hydrogens (tertiary/aromatic N) is 2. The monoisotopic (exact) mass is 282 g/mol. The van der Waals surface area contributed by atoms with Gasteiger partial charge in [-0.2, -0.15) is 5.10 Å². The molecule has 84 valence electrons. The fourth-order valence-corrected chi connectivity index (χ4v) is 1.34. The number of carbonyl (C=O) groups is 1. The van der Waals surface area contributed by atoms with Gasteiger partial charge in [0.1, 0.15) is 5.69 Å². The average molecular weight is 283 g/mol. The number of alkyl halides is 2. The van der Waals surface area contributed by atoms with Gasteiger partial charge < -0.3 is 5.11 Å². The molecule has 15 heavy (non-hydrogen) atoms. The van der Waals surface area contributed by atoms with Gasteiger partial charge in [-0.1, -0.05) is 0 Å². The largest absolute Gasteiger partial charge is 0.479 e. The molecule has 4 nitrogen and oxygen atoms in total. The maximum Gasteiger partial charge on any atom is 0.331 e. The van der Waals surface area contributed by atoms with Crippen LogP contribution < -0.4 is 0 Å². The van der Waals surface area contributed by atoms with Crippen molar-refractivity contribution in [3.63, 3.8) is 0 Å². The van der Waals surface area contributed by atoms with Crippen molar-refractivity contribution < 1.29 is 18.7 Å². The SMILES string of the molecule is CC(C)(C(=O)O)n1cc(Br)c(C(F)F)n1. The van der Waals surface area contributed by atoms with E-state index in [4.69, 9.17) is 5.11 Å². The first-order valence-electron chi connectivity index (χ1n) is 4.04. The molecule has 0 atom stereocenters. The smallest absolute Gasteiger partial charge is 0.331 e. The zero-order valence-electron chi connectivity index (χ0n) is 8.04. The quantitative estimate of drug-likeness (QED) is 0.926. The maximum absolute atomic E-state index is 12.4. The third kappa shape index (κ3) is 2.17. The molecule has 0 amide bonds. The average Bonchev–Trinajstić information content (AvgIpc) is 2.47. The molecule has 0 bridgehead atoms. The van der Waals surface area contributed by atoms with Crippen LogP contribution in [0, 0.1) is 0 Å². The molecule has 7 heteroatoms. The molecule has 0 aliphatic heterocycles. The van der Waals surface area contributed by atoms with Crippen LogP contribution in [0.25, 0.3) is 0 Å². The Morgan fingerprint density at radius 3 is 2.53 bits per heavy atom. The Morgan fingerprint density at radius 1 is 1.67 bits per heavy atom. The molecule has 0 aliphatic carbocycles. The number of hydrogen-bond acceptors (Lipinski definition) is 2. The second-order valence-corrected chi connectivity index (χ2v) is 4.33. The van der Waals surface area contributed by atoms with E-state index in [0.29, 0.717) is 0 Å². The lowest BCUT2D eigenvalue weighted by Gasteiger charge is -2.19. The van der Waals surface area contributed by atoms with Gasteiger partial charge in [-0.05, 0) is 29.8 Å². The zero-order valence-corrected chi connectivity index (χ0v) is 9.62. The van der Waals surface area contributed by atoms with E-state index < -0.39 is 23.6 Å². The van der Waals surface area contributed by atoms with E-state index in [1.807, 2.05) is 0 Å². The molecule has 1 rings (SSSR count). The Bertz CT molecular complexity index is 390. The highest BCUT2D eigenvalue weighted by atomic mass is 79.9. The molecule has 1 aromatic heterocycles. The Morgan fingerprint density at radius 2 is 2.20 bits per heavy atom. The van der Waals surface area contributed by atoms with E-state index in [2.05, 4.69) is 21.0 Å². The van der Waals surface area contributed by atoms with Crippen molar-refractivity contribution in [2.24, 2.45) is 0 Å². The normalized spacial score (nSPS) is 12.1. The van der Waals surface area contributed by atoms with E-state index in [9.17, 15) is 13.6 Å². The standard InChI is InChI=1S/C8H9BrF2N2O2/c1-8(2,7(14)15)13-3-4(9)5(12-13)6(10)11/h3,6H,1-2H3,(H,14,15). The van der Waals surface area contributed by atoms with Crippen molar-refractivity contribution in [1.82, 2.24) is 9.78 Å². The molecular formula is C8H9BrF2N2O2. The van der Waals surface area contributed by atoms with E-state index in [1.165, 1.54) is 20.0 Å². The van der Waals surface area contributed by atoms with Gasteiger partial charge in [0.2, 0.25) is 0 Å². The first-order valence-corrected chi connectivity index (χ1v) is 4.83. The summed E-state index contributed by atoms with van der Waals surface area (Å²) in [5, 5.41) is 12.4. The van der Waals surface area contributed by atoms with Crippen molar-refractivity contribution in [3.05, 3.63) is 16.4 Å².